The summed E-state index contributed by atoms with van der Waals surface area (Å²) in [6.45, 7) is -0.351. The molecule has 0 fully saturated rings. The van der Waals surface area contributed by atoms with E-state index in [-0.39, 0.29) is 22.7 Å². The molecule has 0 spiro atoms. The van der Waals surface area contributed by atoms with Gasteiger partial charge in [-0.25, -0.2) is 13.1 Å². The monoisotopic (exact) mass is 391 g/mol. The number of hydrogen-bond donors (Lipinski definition) is 2. The fraction of sp³-hybridized carbons (Fsp3) is 0.125. The first-order valence-corrected chi connectivity index (χ1v) is 9.72. The highest BCUT2D eigenvalue weighted by Gasteiger charge is 2.37. The molecular formula is C16H13N3O5S2. The van der Waals surface area contributed by atoms with Crippen molar-refractivity contribution >= 4 is 32.8 Å². The van der Waals surface area contributed by atoms with Crippen molar-refractivity contribution in [3.63, 3.8) is 0 Å². The van der Waals surface area contributed by atoms with E-state index in [1.807, 2.05) is 0 Å². The average molecular weight is 391 g/mol. The van der Waals surface area contributed by atoms with Gasteiger partial charge in [-0.05, 0) is 30.3 Å². The maximum Gasteiger partial charge on any atom is 0.242 e. The first-order chi connectivity index (χ1) is 12.5. The summed E-state index contributed by atoms with van der Waals surface area (Å²) in [6, 6.07) is 9.43. The zero-order chi connectivity index (χ0) is 18.2. The van der Waals surface area contributed by atoms with Crippen LogP contribution in [0, 0.1) is 0 Å². The van der Waals surface area contributed by atoms with Crippen LogP contribution in [0.5, 0.6) is 0 Å². The molecule has 1 aromatic carbocycles. The number of furan rings is 2. The molecule has 26 heavy (non-hydrogen) atoms. The fourth-order valence-electron chi connectivity index (χ4n) is 2.62. The van der Waals surface area contributed by atoms with Crippen molar-refractivity contribution in [1.82, 2.24) is 13.5 Å². The Morgan fingerprint density at radius 3 is 2.77 bits per heavy atom. The van der Waals surface area contributed by atoms with E-state index in [2.05, 4.69) is 13.5 Å². The van der Waals surface area contributed by atoms with Crippen LogP contribution in [0.3, 0.4) is 0 Å². The minimum absolute atomic E-state index is 0.00209. The number of aliphatic hydroxyl groups is 1. The van der Waals surface area contributed by atoms with Crippen molar-refractivity contribution in [2.45, 2.75) is 10.5 Å². The quantitative estimate of drug-likeness (QED) is 0.516. The highest BCUT2D eigenvalue weighted by Crippen LogP contribution is 2.30. The number of fused-ring (bicyclic) bond motifs is 1. The van der Waals surface area contributed by atoms with E-state index in [0.717, 1.165) is 11.7 Å². The summed E-state index contributed by atoms with van der Waals surface area (Å²) in [5.74, 6) is 0.190. The van der Waals surface area contributed by atoms with Crippen molar-refractivity contribution in [2.75, 3.05) is 6.54 Å². The van der Waals surface area contributed by atoms with Gasteiger partial charge in [0, 0.05) is 5.56 Å². The minimum Gasteiger partial charge on any atom is -0.472 e. The molecule has 4 rings (SSSR count). The van der Waals surface area contributed by atoms with E-state index in [0.29, 0.717) is 11.1 Å². The van der Waals surface area contributed by atoms with E-state index in [9.17, 15) is 13.5 Å². The van der Waals surface area contributed by atoms with Gasteiger partial charge in [0.05, 0.1) is 37.1 Å². The van der Waals surface area contributed by atoms with Crippen LogP contribution in [0.1, 0.15) is 11.3 Å². The molecule has 3 aromatic heterocycles. The number of aromatic nitrogens is 2. The van der Waals surface area contributed by atoms with Crippen LogP contribution in [-0.4, -0.2) is 28.8 Å². The van der Waals surface area contributed by atoms with Gasteiger partial charge in [0.25, 0.3) is 0 Å². The van der Waals surface area contributed by atoms with Crippen molar-refractivity contribution in [3.8, 4) is 0 Å². The van der Waals surface area contributed by atoms with Crippen LogP contribution < -0.4 is 4.72 Å². The highest BCUT2D eigenvalue weighted by molar-refractivity contribution is 7.89. The number of benzene rings is 1. The molecule has 0 aliphatic carbocycles. The molecule has 4 aromatic rings. The van der Waals surface area contributed by atoms with Gasteiger partial charge in [-0.2, -0.15) is 8.75 Å². The molecule has 0 amide bonds. The molecule has 134 valence electrons. The maximum absolute atomic E-state index is 12.8. The fourth-order valence-corrected chi connectivity index (χ4v) is 4.44. The predicted octanol–water partition coefficient (Wildman–Crippen LogP) is 2.09. The molecule has 1 atom stereocenters. The highest BCUT2D eigenvalue weighted by atomic mass is 32.2. The summed E-state index contributed by atoms with van der Waals surface area (Å²) in [5.41, 5.74) is -0.579. The molecule has 0 radical (unpaired) electrons. The van der Waals surface area contributed by atoms with Crippen LogP contribution in [0.25, 0.3) is 11.0 Å². The van der Waals surface area contributed by atoms with Gasteiger partial charge in [0.15, 0.2) is 5.60 Å². The molecule has 8 nitrogen and oxygen atoms in total. The Bertz CT molecular complexity index is 1080. The molecule has 2 N–H and O–H groups in total. The minimum atomic E-state index is -3.95. The van der Waals surface area contributed by atoms with Gasteiger partial charge >= 0.3 is 0 Å². The first-order valence-electron chi connectivity index (χ1n) is 7.51. The second kappa shape index (κ2) is 6.32. The summed E-state index contributed by atoms with van der Waals surface area (Å²) >= 11 is 0.934. The number of rotatable bonds is 6. The summed E-state index contributed by atoms with van der Waals surface area (Å²) in [5, 5.41) is 11.1. The lowest BCUT2D eigenvalue weighted by atomic mass is 9.94. The lowest BCUT2D eigenvalue weighted by Crippen LogP contribution is -2.41. The molecule has 0 aliphatic rings. The topological polar surface area (TPSA) is 118 Å². The van der Waals surface area contributed by atoms with Gasteiger partial charge in [-0.3, -0.25) is 0 Å². The van der Waals surface area contributed by atoms with Crippen molar-refractivity contribution in [1.29, 1.82) is 0 Å². The third-order valence-electron chi connectivity index (χ3n) is 3.98. The van der Waals surface area contributed by atoms with E-state index in [1.165, 1.54) is 24.9 Å². The zero-order valence-corrected chi connectivity index (χ0v) is 14.8. The van der Waals surface area contributed by atoms with Gasteiger partial charge < -0.3 is 13.9 Å². The van der Waals surface area contributed by atoms with Crippen LogP contribution >= 0.6 is 11.7 Å². The Morgan fingerprint density at radius 1 is 1.15 bits per heavy atom. The Balaban J connectivity index is 1.69. The third-order valence-corrected chi connectivity index (χ3v) is 5.96. The Kier molecular flexibility index (Phi) is 4.11. The Labute approximate surface area is 152 Å². The van der Waals surface area contributed by atoms with Crippen LogP contribution in [-0.2, 0) is 15.6 Å². The molecule has 0 aliphatic heterocycles. The Hall–Kier alpha value is -2.53. The molecular weight excluding hydrogens is 378 g/mol. The maximum atomic E-state index is 12.8. The number of hydrogen-bond acceptors (Lipinski definition) is 8. The number of nitrogens with zero attached hydrogens (tertiary/aromatic N) is 2. The Morgan fingerprint density at radius 2 is 2.04 bits per heavy atom. The molecule has 3 heterocycles. The van der Waals surface area contributed by atoms with Crippen LogP contribution in [0.15, 0.2) is 68.9 Å². The average Bonchev–Trinajstić information content (AvgIpc) is 3.41. The largest absolute Gasteiger partial charge is 0.472 e. The van der Waals surface area contributed by atoms with Gasteiger partial charge in [-0.1, -0.05) is 6.07 Å². The van der Waals surface area contributed by atoms with Gasteiger partial charge in [0.1, 0.15) is 21.7 Å². The zero-order valence-electron chi connectivity index (χ0n) is 13.2. The normalized spacial score (nSPS) is 14.5. The molecule has 0 unspecified atom stereocenters. The smallest absolute Gasteiger partial charge is 0.242 e. The van der Waals surface area contributed by atoms with E-state index in [4.69, 9.17) is 8.83 Å². The SMILES string of the molecule is O=S(=O)(NC[C@@](O)(c1ccoc1)c1ccco1)c1cccc2nsnc12. The second-order valence-electron chi connectivity index (χ2n) is 5.56. The molecule has 10 heteroatoms. The van der Waals surface area contributed by atoms with Crippen LogP contribution in [0.4, 0.5) is 0 Å². The van der Waals surface area contributed by atoms with Crippen molar-refractivity contribution < 1.29 is 22.4 Å². The van der Waals surface area contributed by atoms with Crippen molar-refractivity contribution in [2.24, 2.45) is 0 Å². The first kappa shape index (κ1) is 16.9. The van der Waals surface area contributed by atoms with Gasteiger partial charge in [-0.15, -0.1) is 0 Å². The van der Waals surface area contributed by atoms with E-state index in [1.54, 1.807) is 30.3 Å². The molecule has 0 bridgehead atoms. The lowest BCUT2D eigenvalue weighted by molar-refractivity contribution is 0.0613. The standard InChI is InChI=1S/C16H13N3O5S2/c20-16(11-6-8-23-9-11,14-5-2-7-24-14)10-17-26(21,22)13-4-1-3-12-15(13)19-25-18-12/h1-9,17,20H,10H2/t16-/m1/s1. The summed E-state index contributed by atoms with van der Waals surface area (Å²) in [7, 11) is -3.95. The second-order valence-corrected chi connectivity index (χ2v) is 7.83. The number of nitrogens with one attached hydrogen (secondary N) is 1. The molecule has 0 saturated carbocycles. The third kappa shape index (κ3) is 2.82. The van der Waals surface area contributed by atoms with E-state index >= 15 is 0 Å². The van der Waals surface area contributed by atoms with Gasteiger partial charge in [0.2, 0.25) is 10.0 Å². The van der Waals surface area contributed by atoms with E-state index < -0.39 is 15.6 Å². The van der Waals surface area contributed by atoms with Crippen LogP contribution in [0.2, 0.25) is 0 Å². The summed E-state index contributed by atoms with van der Waals surface area (Å²) < 4.78 is 46.4. The number of sulfonamides is 1. The predicted molar refractivity (Wildman–Crippen MR) is 93.0 cm³/mol. The summed E-state index contributed by atoms with van der Waals surface area (Å²) in [6.07, 6.45) is 4.12. The molecule has 0 saturated heterocycles. The lowest BCUT2D eigenvalue weighted by Gasteiger charge is -2.25. The summed E-state index contributed by atoms with van der Waals surface area (Å²) in [4.78, 5) is -0.00209. The van der Waals surface area contributed by atoms with Crippen molar-refractivity contribution in [3.05, 3.63) is 66.5 Å².